The molecule has 0 aliphatic carbocycles. The van der Waals surface area contributed by atoms with Crippen LogP contribution < -0.4 is 0 Å². The van der Waals surface area contributed by atoms with Crippen molar-refractivity contribution in [2.45, 2.75) is 51.0 Å². The predicted octanol–water partition coefficient (Wildman–Crippen LogP) is 4.05. The minimum absolute atomic E-state index is 0.00521. The lowest BCUT2D eigenvalue weighted by atomic mass is 9.81. The number of aliphatic hydroxyl groups excluding tert-OH is 1. The monoisotopic (exact) mass is 448 g/mol. The fourth-order valence-corrected chi connectivity index (χ4v) is 6.42. The number of likely N-dealkylation sites (tertiary alicyclic amines) is 1. The molecule has 0 radical (unpaired) electrons. The summed E-state index contributed by atoms with van der Waals surface area (Å²) in [5.74, 6) is 0.0249. The third-order valence-corrected chi connectivity index (χ3v) is 8.12. The molecule has 2 aliphatic rings. The van der Waals surface area contributed by atoms with Crippen LogP contribution in [0.3, 0.4) is 0 Å². The number of thiophene rings is 1. The average molecular weight is 449 g/mol. The normalized spacial score (nSPS) is 24.1. The van der Waals surface area contributed by atoms with E-state index in [-0.39, 0.29) is 18.1 Å². The zero-order valence-electron chi connectivity index (χ0n) is 17.8. The van der Waals surface area contributed by atoms with Gasteiger partial charge < -0.3 is 14.7 Å². The van der Waals surface area contributed by atoms with Gasteiger partial charge >= 0.3 is 0 Å². The number of nitrogens with zero attached hydrogens (tertiary/aromatic N) is 2. The molecule has 0 unspecified atom stereocenters. The van der Waals surface area contributed by atoms with Crippen molar-refractivity contribution in [3.63, 3.8) is 0 Å². The summed E-state index contributed by atoms with van der Waals surface area (Å²) in [6.07, 6.45) is 2.66. The summed E-state index contributed by atoms with van der Waals surface area (Å²) in [5.41, 5.74) is 3.74. The number of rotatable bonds is 4. The van der Waals surface area contributed by atoms with Crippen LogP contribution >= 0.6 is 22.9 Å². The molecule has 30 heavy (non-hydrogen) atoms. The molecule has 2 aromatic rings. The molecule has 1 aromatic heterocycles. The minimum atomic E-state index is -0.285. The minimum Gasteiger partial charge on any atom is -0.392 e. The summed E-state index contributed by atoms with van der Waals surface area (Å²) in [7, 11) is 3.54. The van der Waals surface area contributed by atoms with E-state index in [1.165, 1.54) is 16.0 Å². The highest BCUT2D eigenvalue weighted by Gasteiger charge is 2.45. The first-order valence-electron chi connectivity index (χ1n) is 10.4. The van der Waals surface area contributed by atoms with E-state index in [4.69, 9.17) is 16.3 Å². The van der Waals surface area contributed by atoms with Crippen LogP contribution in [0.5, 0.6) is 0 Å². The maximum absolute atomic E-state index is 12.1. The number of fused-ring (bicyclic) bond motifs is 2. The van der Waals surface area contributed by atoms with Gasteiger partial charge in [-0.15, -0.1) is 11.3 Å². The lowest BCUT2D eigenvalue weighted by Crippen LogP contribution is -2.50. The molecule has 7 heteroatoms. The average Bonchev–Trinajstić information content (AvgIpc) is 3.07. The number of aliphatic hydroxyl groups is 1. The van der Waals surface area contributed by atoms with Gasteiger partial charge in [-0.25, -0.2) is 0 Å². The summed E-state index contributed by atoms with van der Waals surface area (Å²) >= 11 is 8.02. The Kier molecular flexibility index (Phi) is 6.24. The molecule has 162 valence electrons. The van der Waals surface area contributed by atoms with Crippen molar-refractivity contribution in [1.82, 2.24) is 9.80 Å². The molecule has 0 bridgehead atoms. The van der Waals surface area contributed by atoms with E-state index >= 15 is 0 Å². The zero-order chi connectivity index (χ0) is 21.5. The van der Waals surface area contributed by atoms with Crippen LogP contribution in [-0.4, -0.2) is 54.1 Å². The molecule has 2 atom stereocenters. The fourth-order valence-electron chi connectivity index (χ4n) is 4.74. The lowest BCUT2D eigenvalue weighted by molar-refractivity contribution is -0.110. The summed E-state index contributed by atoms with van der Waals surface area (Å²) < 4.78 is 7.08. The summed E-state index contributed by atoms with van der Waals surface area (Å²) in [6.45, 7) is 4.72. The van der Waals surface area contributed by atoms with Gasteiger partial charge in [0.25, 0.3) is 5.91 Å². The standard InChI is InChI=1S/C23H29ClN2O3S/c1-15-12-23(20-18(8-11-29-23)19(14-27)21(24)30-20)9-10-26(15)13-16-4-6-17(7-5-16)22(28)25(2)3/h4-7,15,27H,8-14H2,1-3H3/t15-,23+/m0/s1. The summed E-state index contributed by atoms with van der Waals surface area (Å²) in [6, 6.07) is 8.28. The molecule has 4 rings (SSSR count). The SMILES string of the molecule is C[C@H]1C[C@@]2(CCN1Cc1ccc(C(=O)N(C)C)cc1)OCCc1c2sc(Cl)c1CO. The second-order valence-corrected chi connectivity index (χ2v) is 10.2. The number of benzene rings is 1. The van der Waals surface area contributed by atoms with Gasteiger partial charge in [0.1, 0.15) is 5.60 Å². The van der Waals surface area contributed by atoms with Crippen LogP contribution in [0.15, 0.2) is 24.3 Å². The van der Waals surface area contributed by atoms with Crippen molar-refractivity contribution >= 4 is 28.8 Å². The van der Waals surface area contributed by atoms with E-state index in [0.717, 1.165) is 37.9 Å². The molecule has 2 aliphatic heterocycles. The quantitative estimate of drug-likeness (QED) is 0.766. The fraction of sp³-hybridized carbons (Fsp3) is 0.522. The molecule has 1 fully saturated rings. The van der Waals surface area contributed by atoms with Crippen molar-refractivity contribution in [2.24, 2.45) is 0 Å². The Hall–Kier alpha value is -1.44. The third-order valence-electron chi connectivity index (χ3n) is 6.41. The molecule has 1 aromatic carbocycles. The van der Waals surface area contributed by atoms with E-state index in [1.807, 2.05) is 12.1 Å². The zero-order valence-corrected chi connectivity index (χ0v) is 19.4. The Morgan fingerprint density at radius 1 is 1.37 bits per heavy atom. The molecule has 0 saturated carbocycles. The van der Waals surface area contributed by atoms with Gasteiger partial charge in [-0.05, 0) is 49.4 Å². The van der Waals surface area contributed by atoms with Gasteiger partial charge in [0, 0.05) is 49.2 Å². The van der Waals surface area contributed by atoms with E-state index in [2.05, 4.69) is 24.0 Å². The largest absolute Gasteiger partial charge is 0.392 e. The maximum Gasteiger partial charge on any atom is 0.253 e. The smallest absolute Gasteiger partial charge is 0.253 e. The van der Waals surface area contributed by atoms with Gasteiger partial charge in [0.05, 0.1) is 17.6 Å². The van der Waals surface area contributed by atoms with Gasteiger partial charge in [-0.1, -0.05) is 23.7 Å². The number of carbonyl (C=O) groups excluding carboxylic acids is 1. The highest BCUT2D eigenvalue weighted by molar-refractivity contribution is 7.16. The summed E-state index contributed by atoms with van der Waals surface area (Å²) in [5, 5.41) is 9.74. The van der Waals surface area contributed by atoms with Crippen molar-refractivity contribution in [3.05, 3.63) is 55.7 Å². The molecule has 1 spiro atoms. The number of ether oxygens (including phenoxy) is 1. The van der Waals surface area contributed by atoms with Crippen molar-refractivity contribution in [2.75, 3.05) is 27.2 Å². The van der Waals surface area contributed by atoms with Crippen LogP contribution in [0.4, 0.5) is 0 Å². The van der Waals surface area contributed by atoms with E-state index in [9.17, 15) is 9.90 Å². The molecule has 1 saturated heterocycles. The van der Waals surface area contributed by atoms with E-state index in [0.29, 0.717) is 22.5 Å². The first kappa shape index (κ1) is 21.8. The highest BCUT2D eigenvalue weighted by atomic mass is 35.5. The number of piperidine rings is 1. The first-order chi connectivity index (χ1) is 14.3. The third kappa shape index (κ3) is 3.92. The van der Waals surface area contributed by atoms with Gasteiger partial charge in [-0.3, -0.25) is 9.69 Å². The number of halogens is 1. The van der Waals surface area contributed by atoms with Gasteiger partial charge in [0.15, 0.2) is 0 Å². The van der Waals surface area contributed by atoms with Crippen LogP contribution in [-0.2, 0) is 29.9 Å². The highest BCUT2D eigenvalue weighted by Crippen LogP contribution is 2.49. The van der Waals surface area contributed by atoms with Crippen molar-refractivity contribution in [1.29, 1.82) is 0 Å². The lowest BCUT2D eigenvalue weighted by Gasteiger charge is -2.47. The number of hydrogen-bond donors (Lipinski definition) is 1. The number of carbonyl (C=O) groups is 1. The Morgan fingerprint density at radius 2 is 2.10 bits per heavy atom. The molecule has 1 amide bonds. The van der Waals surface area contributed by atoms with Crippen LogP contribution in [0.1, 0.15) is 51.7 Å². The van der Waals surface area contributed by atoms with Crippen molar-refractivity contribution < 1.29 is 14.6 Å². The Bertz CT molecular complexity index is 927. The van der Waals surface area contributed by atoms with Gasteiger partial charge in [-0.2, -0.15) is 0 Å². The number of amides is 1. The second-order valence-electron chi connectivity index (χ2n) is 8.58. The number of hydrogen-bond acceptors (Lipinski definition) is 5. The Labute approximate surface area is 187 Å². The first-order valence-corrected chi connectivity index (χ1v) is 11.6. The maximum atomic E-state index is 12.1. The molecule has 5 nitrogen and oxygen atoms in total. The van der Waals surface area contributed by atoms with Crippen LogP contribution in [0.25, 0.3) is 0 Å². The van der Waals surface area contributed by atoms with Gasteiger partial charge in [0.2, 0.25) is 0 Å². The molecular formula is C23H29ClN2O3S. The predicted molar refractivity (Wildman–Crippen MR) is 120 cm³/mol. The van der Waals surface area contributed by atoms with Crippen LogP contribution in [0, 0.1) is 0 Å². The Morgan fingerprint density at radius 3 is 2.73 bits per heavy atom. The van der Waals surface area contributed by atoms with E-state index in [1.54, 1.807) is 30.3 Å². The Balaban J connectivity index is 1.48. The molecular weight excluding hydrogens is 420 g/mol. The van der Waals surface area contributed by atoms with Crippen molar-refractivity contribution in [3.8, 4) is 0 Å². The second kappa shape index (κ2) is 8.60. The van der Waals surface area contributed by atoms with E-state index < -0.39 is 0 Å². The molecule has 3 heterocycles. The topological polar surface area (TPSA) is 53.0 Å². The molecule has 1 N–H and O–H groups in total. The summed E-state index contributed by atoms with van der Waals surface area (Å²) in [4.78, 5) is 17.4. The van der Waals surface area contributed by atoms with Crippen LogP contribution in [0.2, 0.25) is 4.34 Å².